The highest BCUT2D eigenvalue weighted by Crippen LogP contribution is 2.30. The van der Waals surface area contributed by atoms with Gasteiger partial charge in [-0.3, -0.25) is 4.79 Å². The topological polar surface area (TPSA) is 50.8 Å². The minimum Gasteiger partial charge on any atom is -0.497 e. The molecule has 0 amide bonds. The third-order valence-electron chi connectivity index (χ3n) is 5.63. The van der Waals surface area contributed by atoms with Crippen LogP contribution in [0.4, 0.5) is 0 Å². The van der Waals surface area contributed by atoms with E-state index in [1.165, 1.54) is 0 Å². The molecule has 0 saturated heterocycles. The molecule has 3 aromatic rings. The highest BCUT2D eigenvalue weighted by atomic mass is 16.5. The van der Waals surface area contributed by atoms with Crippen LogP contribution >= 0.6 is 0 Å². The molecule has 0 saturated carbocycles. The first-order chi connectivity index (χ1) is 16.4. The van der Waals surface area contributed by atoms with E-state index < -0.39 is 0 Å². The van der Waals surface area contributed by atoms with Crippen molar-refractivity contribution >= 4 is 11.9 Å². The van der Waals surface area contributed by atoms with Gasteiger partial charge in [0, 0.05) is 13.1 Å². The molecule has 0 unspecified atom stereocenters. The summed E-state index contributed by atoms with van der Waals surface area (Å²) in [6.07, 6.45) is 3.48. The van der Waals surface area contributed by atoms with Gasteiger partial charge in [-0.2, -0.15) is 0 Å². The lowest BCUT2D eigenvalue weighted by molar-refractivity contribution is 0.104. The van der Waals surface area contributed by atoms with Crippen molar-refractivity contribution in [3.63, 3.8) is 0 Å². The Hall–Kier alpha value is -3.41. The Morgan fingerprint density at radius 3 is 2.56 bits per heavy atom. The summed E-state index contributed by atoms with van der Waals surface area (Å²) in [6.45, 7) is 4.02. The first-order valence-corrected chi connectivity index (χ1v) is 11.4. The number of allylic oxidation sites excluding steroid dienone is 1. The summed E-state index contributed by atoms with van der Waals surface area (Å²) in [4.78, 5) is 15.4. The van der Waals surface area contributed by atoms with Crippen molar-refractivity contribution in [1.29, 1.82) is 0 Å². The third-order valence-corrected chi connectivity index (χ3v) is 5.63. The van der Waals surface area contributed by atoms with E-state index >= 15 is 0 Å². The Morgan fingerprint density at radius 1 is 1.06 bits per heavy atom. The zero-order valence-corrected chi connectivity index (χ0v) is 20.7. The average molecular weight is 459 g/mol. The standard InChI is InChI=1S/C29H34N2O3/c1-21-8-6-7-9-26(21)23-12-15-29(34-17-16-31(3)4)27(19-23)28(32)14-11-22-10-13-25(33-5)18-24(22)20-30-2/h6-15,18-19,30H,16-17,20H2,1-5H3. The molecule has 34 heavy (non-hydrogen) atoms. The number of rotatable bonds is 11. The Labute approximate surface area is 203 Å². The van der Waals surface area contributed by atoms with Gasteiger partial charge >= 0.3 is 0 Å². The number of nitrogens with zero attached hydrogens (tertiary/aromatic N) is 1. The summed E-state index contributed by atoms with van der Waals surface area (Å²) in [5.41, 5.74) is 5.84. The van der Waals surface area contributed by atoms with E-state index in [9.17, 15) is 4.79 Å². The lowest BCUT2D eigenvalue weighted by atomic mass is 9.96. The van der Waals surface area contributed by atoms with Crippen LogP contribution in [0.15, 0.2) is 66.7 Å². The molecule has 5 nitrogen and oxygen atoms in total. The average Bonchev–Trinajstić information content (AvgIpc) is 2.83. The molecule has 0 atom stereocenters. The molecule has 1 N–H and O–H groups in total. The molecular weight excluding hydrogens is 424 g/mol. The first kappa shape index (κ1) is 25.2. The third kappa shape index (κ3) is 6.56. The molecule has 3 aromatic carbocycles. The van der Waals surface area contributed by atoms with Gasteiger partial charge in [0.25, 0.3) is 0 Å². The van der Waals surface area contributed by atoms with Crippen LogP contribution in [0.25, 0.3) is 17.2 Å². The van der Waals surface area contributed by atoms with Gasteiger partial charge in [-0.25, -0.2) is 0 Å². The minimum absolute atomic E-state index is 0.0958. The quantitative estimate of drug-likeness (QED) is 0.315. The zero-order valence-electron chi connectivity index (χ0n) is 20.7. The van der Waals surface area contributed by atoms with E-state index in [0.717, 1.165) is 40.1 Å². The Bertz CT molecular complexity index is 1150. The Morgan fingerprint density at radius 2 is 1.85 bits per heavy atom. The van der Waals surface area contributed by atoms with E-state index in [1.54, 1.807) is 13.2 Å². The lowest BCUT2D eigenvalue weighted by Gasteiger charge is -2.15. The summed E-state index contributed by atoms with van der Waals surface area (Å²) in [5, 5.41) is 3.17. The second-order valence-corrected chi connectivity index (χ2v) is 8.47. The van der Waals surface area contributed by atoms with Gasteiger partial charge in [0.1, 0.15) is 18.1 Å². The summed E-state index contributed by atoms with van der Waals surface area (Å²) >= 11 is 0. The molecule has 0 aromatic heterocycles. The van der Waals surface area contributed by atoms with Crippen LogP contribution in [0.5, 0.6) is 11.5 Å². The molecule has 3 rings (SSSR count). The lowest BCUT2D eigenvalue weighted by Crippen LogP contribution is -2.20. The van der Waals surface area contributed by atoms with E-state index in [-0.39, 0.29) is 5.78 Å². The molecular formula is C29H34N2O3. The van der Waals surface area contributed by atoms with E-state index in [1.807, 2.05) is 75.7 Å². The second-order valence-electron chi connectivity index (χ2n) is 8.47. The summed E-state index contributed by atoms with van der Waals surface area (Å²) in [5.74, 6) is 1.29. The van der Waals surface area contributed by atoms with E-state index in [4.69, 9.17) is 9.47 Å². The van der Waals surface area contributed by atoms with Crippen LogP contribution < -0.4 is 14.8 Å². The number of carbonyl (C=O) groups is 1. The predicted molar refractivity (Wildman–Crippen MR) is 140 cm³/mol. The van der Waals surface area contributed by atoms with E-state index in [2.05, 4.69) is 29.3 Å². The number of benzene rings is 3. The number of methoxy groups -OCH3 is 1. The number of nitrogens with one attached hydrogen (secondary N) is 1. The molecule has 0 aliphatic rings. The van der Waals surface area contributed by atoms with E-state index in [0.29, 0.717) is 24.5 Å². The highest BCUT2D eigenvalue weighted by Gasteiger charge is 2.14. The van der Waals surface area contributed by atoms with Crippen LogP contribution in [0.3, 0.4) is 0 Å². The largest absolute Gasteiger partial charge is 0.497 e. The van der Waals surface area contributed by atoms with Gasteiger partial charge in [0.05, 0.1) is 12.7 Å². The smallest absolute Gasteiger partial charge is 0.189 e. The molecule has 0 aliphatic heterocycles. The summed E-state index contributed by atoms with van der Waals surface area (Å²) < 4.78 is 11.4. The molecule has 0 bridgehead atoms. The normalized spacial score (nSPS) is 11.2. The fraction of sp³-hybridized carbons (Fsp3) is 0.276. The highest BCUT2D eigenvalue weighted by molar-refractivity contribution is 6.09. The zero-order chi connectivity index (χ0) is 24.5. The SMILES string of the molecule is CNCc1cc(OC)ccc1C=CC(=O)c1cc(-c2ccccc2C)ccc1OCCN(C)C. The Kier molecular flexibility index (Phi) is 9.02. The molecule has 0 spiro atoms. The number of carbonyl (C=O) groups excluding carboxylic acids is 1. The van der Waals surface area contributed by atoms with Crippen LogP contribution in [0.1, 0.15) is 27.0 Å². The van der Waals surface area contributed by atoms with Crippen LogP contribution in [-0.4, -0.2) is 52.1 Å². The van der Waals surface area contributed by atoms with Crippen molar-refractivity contribution < 1.29 is 14.3 Å². The summed E-state index contributed by atoms with van der Waals surface area (Å²) in [7, 11) is 7.54. The Balaban J connectivity index is 1.95. The fourth-order valence-electron chi connectivity index (χ4n) is 3.72. The second kappa shape index (κ2) is 12.2. The van der Waals surface area contributed by atoms with Crippen molar-refractivity contribution in [2.24, 2.45) is 0 Å². The molecule has 0 aliphatic carbocycles. The number of ketones is 1. The number of hydrogen-bond acceptors (Lipinski definition) is 5. The van der Waals surface area contributed by atoms with Gasteiger partial charge in [-0.05, 0) is 86.2 Å². The van der Waals surface area contributed by atoms with Crippen molar-refractivity contribution in [3.8, 4) is 22.6 Å². The van der Waals surface area contributed by atoms with Gasteiger partial charge in [0.2, 0.25) is 0 Å². The first-order valence-electron chi connectivity index (χ1n) is 11.4. The maximum Gasteiger partial charge on any atom is 0.189 e. The maximum absolute atomic E-state index is 13.4. The van der Waals surface area contributed by atoms with Gasteiger partial charge in [0.15, 0.2) is 5.78 Å². The van der Waals surface area contributed by atoms with Crippen molar-refractivity contribution in [2.45, 2.75) is 13.5 Å². The van der Waals surface area contributed by atoms with Crippen molar-refractivity contribution in [2.75, 3.05) is 41.4 Å². The number of hydrogen-bond donors (Lipinski definition) is 1. The molecule has 5 heteroatoms. The molecule has 0 heterocycles. The van der Waals surface area contributed by atoms with Crippen LogP contribution in [-0.2, 0) is 6.54 Å². The van der Waals surface area contributed by atoms with Gasteiger partial charge in [-0.1, -0.05) is 42.5 Å². The van der Waals surface area contributed by atoms with Crippen molar-refractivity contribution in [3.05, 3.63) is 89.0 Å². The van der Waals surface area contributed by atoms with Gasteiger partial charge in [-0.15, -0.1) is 0 Å². The number of likely N-dealkylation sites (N-methyl/N-ethyl adjacent to an activating group) is 1. The van der Waals surface area contributed by atoms with Crippen molar-refractivity contribution in [1.82, 2.24) is 10.2 Å². The van der Waals surface area contributed by atoms with Gasteiger partial charge < -0.3 is 19.7 Å². The van der Waals surface area contributed by atoms with Crippen LogP contribution in [0.2, 0.25) is 0 Å². The number of aryl methyl sites for hydroxylation is 1. The maximum atomic E-state index is 13.4. The molecule has 0 radical (unpaired) electrons. The summed E-state index contributed by atoms with van der Waals surface area (Å²) in [6, 6.07) is 19.9. The molecule has 178 valence electrons. The monoisotopic (exact) mass is 458 g/mol. The van der Waals surface area contributed by atoms with Crippen LogP contribution in [0, 0.1) is 6.92 Å². The predicted octanol–water partition coefficient (Wildman–Crippen LogP) is 5.23. The minimum atomic E-state index is -0.0958. The fourth-order valence-corrected chi connectivity index (χ4v) is 3.72. The number of ether oxygens (including phenoxy) is 2. The molecule has 0 fully saturated rings.